The average Bonchev–Trinajstić information content (AvgIpc) is 3.04. The molecule has 156 valence electrons. The average molecular weight is 427 g/mol. The Morgan fingerprint density at radius 2 is 1.87 bits per heavy atom. The second-order valence-electron chi connectivity index (χ2n) is 6.93. The van der Waals surface area contributed by atoms with Crippen LogP contribution in [0.15, 0.2) is 24.3 Å². The quantitative estimate of drug-likeness (QED) is 0.586. The minimum Gasteiger partial charge on any atom is -0.461 e. The van der Waals surface area contributed by atoms with Crippen LogP contribution in [0.2, 0.25) is 0 Å². The van der Waals surface area contributed by atoms with Crippen molar-refractivity contribution < 1.29 is 14.3 Å². The summed E-state index contributed by atoms with van der Waals surface area (Å²) in [6, 6.07) is 7.44. The fourth-order valence-corrected chi connectivity index (χ4v) is 4.08. The Hall–Kier alpha value is -3.14. The van der Waals surface area contributed by atoms with Crippen molar-refractivity contribution in [3.8, 4) is 0 Å². The maximum Gasteiger partial charge on any atom is 0.360 e. The standard InChI is InChI=1S/C20H22N6O3S/c1-3-29-20(28)16-18(22-15-8-5-4-7-14(15)21-16)25-9-6-10-26(12-11-25)19(27)17-13(2)23-24-30-17/h4-5,7-8H,3,6,9-12H2,1-2H3. The molecule has 0 spiro atoms. The fourth-order valence-electron chi connectivity index (χ4n) is 3.45. The molecule has 0 radical (unpaired) electrons. The van der Waals surface area contributed by atoms with Crippen LogP contribution in [0.5, 0.6) is 0 Å². The van der Waals surface area contributed by atoms with Gasteiger partial charge in [-0.25, -0.2) is 14.8 Å². The fraction of sp³-hybridized carbons (Fsp3) is 0.400. The summed E-state index contributed by atoms with van der Waals surface area (Å²) in [5, 5.41) is 3.94. The van der Waals surface area contributed by atoms with E-state index in [-0.39, 0.29) is 18.2 Å². The molecule has 9 nitrogen and oxygen atoms in total. The third kappa shape index (κ3) is 3.95. The molecule has 4 rings (SSSR count). The molecule has 0 bridgehead atoms. The predicted molar refractivity (Wildman–Crippen MR) is 113 cm³/mol. The summed E-state index contributed by atoms with van der Waals surface area (Å²) in [5.74, 6) is -0.0501. The number of para-hydroxylation sites is 2. The molecular formula is C20H22N6O3S. The van der Waals surface area contributed by atoms with Gasteiger partial charge in [-0.3, -0.25) is 4.79 Å². The van der Waals surface area contributed by atoms with E-state index in [1.165, 1.54) is 0 Å². The number of anilines is 1. The van der Waals surface area contributed by atoms with Crippen molar-refractivity contribution in [2.75, 3.05) is 37.7 Å². The number of hydrogen-bond donors (Lipinski definition) is 0. The van der Waals surface area contributed by atoms with Crippen molar-refractivity contribution in [3.63, 3.8) is 0 Å². The number of fused-ring (bicyclic) bond motifs is 1. The molecule has 1 aromatic carbocycles. The van der Waals surface area contributed by atoms with Gasteiger partial charge in [0, 0.05) is 26.2 Å². The van der Waals surface area contributed by atoms with E-state index < -0.39 is 5.97 Å². The summed E-state index contributed by atoms with van der Waals surface area (Å²) in [6.45, 7) is 6.13. The van der Waals surface area contributed by atoms with Gasteiger partial charge in [-0.1, -0.05) is 16.6 Å². The molecule has 1 aliphatic heterocycles. The van der Waals surface area contributed by atoms with Crippen molar-refractivity contribution in [2.45, 2.75) is 20.3 Å². The Labute approximate surface area is 177 Å². The monoisotopic (exact) mass is 426 g/mol. The first-order valence-electron chi connectivity index (χ1n) is 9.85. The number of aryl methyl sites for hydroxylation is 1. The van der Waals surface area contributed by atoms with Crippen LogP contribution < -0.4 is 4.90 Å². The molecule has 30 heavy (non-hydrogen) atoms. The van der Waals surface area contributed by atoms with Crippen molar-refractivity contribution in [3.05, 3.63) is 40.5 Å². The predicted octanol–water partition coefficient (Wildman–Crippen LogP) is 2.32. The highest BCUT2D eigenvalue weighted by atomic mass is 32.1. The van der Waals surface area contributed by atoms with Crippen LogP contribution in [-0.2, 0) is 4.74 Å². The maximum atomic E-state index is 12.8. The van der Waals surface area contributed by atoms with Crippen LogP contribution in [0.25, 0.3) is 11.0 Å². The molecule has 1 aliphatic rings. The SMILES string of the molecule is CCOC(=O)c1nc2ccccc2nc1N1CCCN(C(=O)c2snnc2C)CC1. The lowest BCUT2D eigenvalue weighted by Gasteiger charge is -2.24. The molecule has 0 atom stereocenters. The molecule has 1 amide bonds. The molecule has 1 saturated heterocycles. The van der Waals surface area contributed by atoms with Crippen molar-refractivity contribution in [1.82, 2.24) is 24.5 Å². The van der Waals surface area contributed by atoms with E-state index in [9.17, 15) is 9.59 Å². The van der Waals surface area contributed by atoms with Crippen molar-refractivity contribution in [2.24, 2.45) is 0 Å². The smallest absolute Gasteiger partial charge is 0.360 e. The Morgan fingerprint density at radius 3 is 2.57 bits per heavy atom. The van der Waals surface area contributed by atoms with E-state index in [4.69, 9.17) is 9.72 Å². The molecule has 0 N–H and O–H groups in total. The van der Waals surface area contributed by atoms with E-state index in [0.29, 0.717) is 53.6 Å². The first-order valence-corrected chi connectivity index (χ1v) is 10.6. The summed E-state index contributed by atoms with van der Waals surface area (Å²) in [4.78, 5) is 39.1. The van der Waals surface area contributed by atoms with Gasteiger partial charge in [-0.15, -0.1) is 5.10 Å². The number of carbonyl (C=O) groups is 2. The van der Waals surface area contributed by atoms with Crippen LogP contribution in [0, 0.1) is 6.92 Å². The molecule has 0 saturated carbocycles. The first kappa shape index (κ1) is 20.1. The lowest BCUT2D eigenvalue weighted by molar-refractivity contribution is 0.0520. The van der Waals surface area contributed by atoms with Gasteiger partial charge in [-0.2, -0.15) is 0 Å². The van der Waals surface area contributed by atoms with E-state index in [1.54, 1.807) is 18.7 Å². The normalized spacial score (nSPS) is 14.6. The van der Waals surface area contributed by atoms with Crippen molar-refractivity contribution in [1.29, 1.82) is 0 Å². The zero-order chi connectivity index (χ0) is 21.1. The van der Waals surface area contributed by atoms with Gasteiger partial charge < -0.3 is 14.5 Å². The second-order valence-corrected chi connectivity index (χ2v) is 7.68. The Bertz CT molecular complexity index is 1090. The van der Waals surface area contributed by atoms with Crippen LogP contribution in [0.1, 0.15) is 39.2 Å². The van der Waals surface area contributed by atoms with Gasteiger partial charge in [0.2, 0.25) is 0 Å². The molecule has 2 aromatic heterocycles. The van der Waals surface area contributed by atoms with Crippen LogP contribution in [0.3, 0.4) is 0 Å². The second kappa shape index (κ2) is 8.70. The van der Waals surface area contributed by atoms with Gasteiger partial charge >= 0.3 is 5.97 Å². The Kier molecular flexibility index (Phi) is 5.84. The number of aromatic nitrogens is 4. The molecule has 3 aromatic rings. The summed E-state index contributed by atoms with van der Waals surface area (Å²) in [6.07, 6.45) is 0.744. The van der Waals surface area contributed by atoms with E-state index in [2.05, 4.69) is 14.6 Å². The number of esters is 1. The van der Waals surface area contributed by atoms with Crippen LogP contribution in [0.4, 0.5) is 5.82 Å². The number of ether oxygens (including phenoxy) is 1. The maximum absolute atomic E-state index is 12.8. The molecule has 10 heteroatoms. The number of rotatable bonds is 4. The summed E-state index contributed by atoms with van der Waals surface area (Å²) in [7, 11) is 0. The van der Waals surface area contributed by atoms with Gasteiger partial charge in [0.05, 0.1) is 23.3 Å². The first-order chi connectivity index (χ1) is 14.6. The van der Waals surface area contributed by atoms with E-state index >= 15 is 0 Å². The summed E-state index contributed by atoms with van der Waals surface area (Å²) < 4.78 is 9.08. The number of hydrogen-bond acceptors (Lipinski definition) is 9. The highest BCUT2D eigenvalue weighted by molar-refractivity contribution is 7.07. The van der Waals surface area contributed by atoms with E-state index in [0.717, 1.165) is 18.0 Å². The van der Waals surface area contributed by atoms with Crippen LogP contribution in [-0.4, -0.2) is 69.1 Å². The van der Waals surface area contributed by atoms with Gasteiger partial charge in [0.15, 0.2) is 11.5 Å². The van der Waals surface area contributed by atoms with Gasteiger partial charge in [0.25, 0.3) is 5.91 Å². The minimum absolute atomic E-state index is 0.0560. The Morgan fingerprint density at radius 1 is 1.10 bits per heavy atom. The van der Waals surface area contributed by atoms with Crippen molar-refractivity contribution >= 4 is 40.3 Å². The zero-order valence-corrected chi connectivity index (χ0v) is 17.7. The molecule has 0 aliphatic carbocycles. The van der Waals surface area contributed by atoms with Gasteiger partial charge in [0.1, 0.15) is 4.88 Å². The molecule has 3 heterocycles. The molecule has 1 fully saturated rings. The number of amides is 1. The highest BCUT2D eigenvalue weighted by Crippen LogP contribution is 2.23. The zero-order valence-electron chi connectivity index (χ0n) is 16.9. The van der Waals surface area contributed by atoms with Crippen LogP contribution >= 0.6 is 11.5 Å². The highest BCUT2D eigenvalue weighted by Gasteiger charge is 2.27. The summed E-state index contributed by atoms with van der Waals surface area (Å²) >= 11 is 1.12. The largest absolute Gasteiger partial charge is 0.461 e. The Balaban J connectivity index is 1.62. The topological polar surface area (TPSA) is 101 Å². The van der Waals surface area contributed by atoms with E-state index in [1.807, 2.05) is 29.2 Å². The number of carbonyl (C=O) groups excluding carboxylic acids is 2. The third-order valence-corrected chi connectivity index (χ3v) is 5.77. The lowest BCUT2D eigenvalue weighted by atomic mass is 10.2. The number of benzene rings is 1. The molecule has 0 unspecified atom stereocenters. The van der Waals surface area contributed by atoms with Gasteiger partial charge in [-0.05, 0) is 43.9 Å². The summed E-state index contributed by atoms with van der Waals surface area (Å²) in [5.41, 5.74) is 2.21. The third-order valence-electron chi connectivity index (χ3n) is 4.95. The number of nitrogens with zero attached hydrogens (tertiary/aromatic N) is 6. The lowest BCUT2D eigenvalue weighted by Crippen LogP contribution is -2.36. The molecular weight excluding hydrogens is 404 g/mol. The minimum atomic E-state index is -0.491.